The van der Waals surface area contributed by atoms with Gasteiger partial charge in [-0.2, -0.15) is 5.10 Å². The fraction of sp³-hybridized carbons (Fsp3) is 0.588. The van der Waals surface area contributed by atoms with Crippen LogP contribution in [0.25, 0.3) is 0 Å². The van der Waals surface area contributed by atoms with Crippen LogP contribution in [-0.2, 0) is 13.6 Å². The molecule has 0 bridgehead atoms. The molecule has 0 amide bonds. The van der Waals surface area contributed by atoms with E-state index in [1.807, 2.05) is 17.9 Å². The van der Waals surface area contributed by atoms with Crippen molar-refractivity contribution in [3.05, 3.63) is 30.4 Å². The van der Waals surface area contributed by atoms with Gasteiger partial charge in [-0.1, -0.05) is 0 Å². The molecule has 128 valence electrons. The van der Waals surface area contributed by atoms with E-state index < -0.39 is 0 Å². The van der Waals surface area contributed by atoms with Crippen molar-refractivity contribution in [3.63, 3.8) is 0 Å². The highest BCUT2D eigenvalue weighted by Crippen LogP contribution is 2.22. The van der Waals surface area contributed by atoms with E-state index in [4.69, 9.17) is 0 Å². The van der Waals surface area contributed by atoms with Crippen LogP contribution in [0.5, 0.6) is 0 Å². The molecule has 0 atom stereocenters. The lowest BCUT2D eigenvalue weighted by atomic mass is 10.3. The third-order valence-electron chi connectivity index (χ3n) is 5.07. The summed E-state index contributed by atoms with van der Waals surface area (Å²) in [7, 11) is 2.01. The Bertz CT molecular complexity index is 669. The first-order valence-electron chi connectivity index (χ1n) is 8.81. The van der Waals surface area contributed by atoms with E-state index in [1.54, 1.807) is 6.33 Å². The first kappa shape index (κ1) is 15.4. The quantitative estimate of drug-likeness (QED) is 0.839. The van der Waals surface area contributed by atoms with Crippen molar-refractivity contribution in [3.8, 4) is 0 Å². The number of nitrogens with zero attached hydrogens (tertiary/aromatic N) is 7. The number of anilines is 2. The smallest absolute Gasteiger partial charge is 0.134 e. The SMILES string of the molecule is Cn1nccc1CN1CCN(c2cc(N3CCCC3)ncn2)CC1. The number of aryl methyl sites for hydroxylation is 1. The molecule has 0 saturated carbocycles. The van der Waals surface area contributed by atoms with Crippen LogP contribution in [-0.4, -0.2) is 63.9 Å². The van der Waals surface area contributed by atoms with Gasteiger partial charge in [-0.3, -0.25) is 9.58 Å². The average molecular weight is 327 g/mol. The molecule has 0 radical (unpaired) electrons. The molecule has 7 heteroatoms. The second-order valence-corrected chi connectivity index (χ2v) is 6.64. The van der Waals surface area contributed by atoms with Gasteiger partial charge in [-0.15, -0.1) is 0 Å². The molecule has 0 spiro atoms. The van der Waals surface area contributed by atoms with Gasteiger partial charge in [0, 0.05) is 65.1 Å². The Morgan fingerprint density at radius 1 is 0.917 bits per heavy atom. The van der Waals surface area contributed by atoms with E-state index in [0.29, 0.717) is 0 Å². The molecule has 0 aliphatic carbocycles. The van der Waals surface area contributed by atoms with Gasteiger partial charge in [0.15, 0.2) is 0 Å². The minimum Gasteiger partial charge on any atom is -0.356 e. The molecule has 2 aliphatic heterocycles. The first-order chi connectivity index (χ1) is 11.8. The molecule has 0 N–H and O–H groups in total. The van der Waals surface area contributed by atoms with Crippen LogP contribution in [0.1, 0.15) is 18.5 Å². The summed E-state index contributed by atoms with van der Waals surface area (Å²) in [4.78, 5) is 16.2. The second-order valence-electron chi connectivity index (χ2n) is 6.64. The third kappa shape index (κ3) is 3.21. The van der Waals surface area contributed by atoms with Crippen molar-refractivity contribution in [1.29, 1.82) is 0 Å². The standard InChI is InChI=1S/C17H25N7/c1-21-15(4-5-20-21)13-22-8-10-24(11-9-22)17-12-16(18-14-19-17)23-6-2-3-7-23/h4-5,12,14H,2-3,6-11,13H2,1H3. The fourth-order valence-electron chi connectivity index (χ4n) is 3.55. The molecule has 2 aliphatic rings. The van der Waals surface area contributed by atoms with Crippen LogP contribution >= 0.6 is 0 Å². The van der Waals surface area contributed by atoms with Gasteiger partial charge in [0.2, 0.25) is 0 Å². The summed E-state index contributed by atoms with van der Waals surface area (Å²) in [5.41, 5.74) is 1.27. The molecule has 0 unspecified atom stereocenters. The monoisotopic (exact) mass is 327 g/mol. The average Bonchev–Trinajstić information content (AvgIpc) is 3.28. The molecule has 0 aromatic carbocycles. The van der Waals surface area contributed by atoms with Gasteiger partial charge in [-0.25, -0.2) is 9.97 Å². The van der Waals surface area contributed by atoms with E-state index in [0.717, 1.165) is 57.4 Å². The molecule has 2 aromatic heterocycles. The van der Waals surface area contributed by atoms with Gasteiger partial charge in [0.25, 0.3) is 0 Å². The van der Waals surface area contributed by atoms with Crippen molar-refractivity contribution >= 4 is 11.6 Å². The first-order valence-corrected chi connectivity index (χ1v) is 8.81. The van der Waals surface area contributed by atoms with Crippen LogP contribution in [0, 0.1) is 0 Å². The van der Waals surface area contributed by atoms with Gasteiger partial charge in [0.05, 0.1) is 5.69 Å². The van der Waals surface area contributed by atoms with Gasteiger partial charge in [-0.05, 0) is 18.9 Å². The maximum absolute atomic E-state index is 4.50. The molecule has 7 nitrogen and oxygen atoms in total. The van der Waals surface area contributed by atoms with Crippen molar-refractivity contribution in [2.24, 2.45) is 7.05 Å². The zero-order valence-electron chi connectivity index (χ0n) is 14.3. The molecule has 2 saturated heterocycles. The topological polar surface area (TPSA) is 53.3 Å². The summed E-state index contributed by atoms with van der Waals surface area (Å²) in [5.74, 6) is 2.14. The predicted molar refractivity (Wildman–Crippen MR) is 94.2 cm³/mol. The van der Waals surface area contributed by atoms with E-state index in [-0.39, 0.29) is 0 Å². The Labute approximate surface area is 142 Å². The molecule has 4 rings (SSSR count). The van der Waals surface area contributed by atoms with Crippen LogP contribution in [0.3, 0.4) is 0 Å². The Hall–Kier alpha value is -2.15. The summed E-state index contributed by atoms with van der Waals surface area (Å²) in [6.07, 6.45) is 6.12. The minimum atomic E-state index is 0.965. The molecular formula is C17H25N7. The van der Waals surface area contributed by atoms with Crippen molar-refractivity contribution < 1.29 is 0 Å². The van der Waals surface area contributed by atoms with Crippen molar-refractivity contribution in [2.45, 2.75) is 19.4 Å². The summed E-state index contributed by atoms with van der Waals surface area (Å²) in [6.45, 7) is 7.32. The zero-order valence-corrected chi connectivity index (χ0v) is 14.3. The Balaban J connectivity index is 1.37. The third-order valence-corrected chi connectivity index (χ3v) is 5.07. The Morgan fingerprint density at radius 3 is 2.21 bits per heavy atom. The largest absolute Gasteiger partial charge is 0.356 e. The highest BCUT2D eigenvalue weighted by molar-refractivity contribution is 5.50. The maximum Gasteiger partial charge on any atom is 0.134 e. The lowest BCUT2D eigenvalue weighted by Gasteiger charge is -2.35. The zero-order chi connectivity index (χ0) is 16.4. The van der Waals surface area contributed by atoms with Gasteiger partial charge < -0.3 is 9.80 Å². The van der Waals surface area contributed by atoms with Crippen molar-refractivity contribution in [1.82, 2.24) is 24.6 Å². The van der Waals surface area contributed by atoms with E-state index in [2.05, 4.69) is 41.9 Å². The molecular weight excluding hydrogens is 302 g/mol. The Morgan fingerprint density at radius 2 is 1.58 bits per heavy atom. The molecule has 2 fully saturated rings. The number of aromatic nitrogens is 4. The predicted octanol–water partition coefficient (Wildman–Crippen LogP) is 1.13. The van der Waals surface area contributed by atoms with Gasteiger partial charge in [0.1, 0.15) is 18.0 Å². The lowest BCUT2D eigenvalue weighted by molar-refractivity contribution is 0.243. The van der Waals surface area contributed by atoms with E-state index in [1.165, 1.54) is 18.5 Å². The molecule has 2 aromatic rings. The highest BCUT2D eigenvalue weighted by Gasteiger charge is 2.20. The number of rotatable bonds is 4. The summed E-state index contributed by atoms with van der Waals surface area (Å²) < 4.78 is 1.96. The van der Waals surface area contributed by atoms with E-state index in [9.17, 15) is 0 Å². The number of hydrogen-bond acceptors (Lipinski definition) is 6. The van der Waals surface area contributed by atoms with Crippen LogP contribution in [0.2, 0.25) is 0 Å². The maximum atomic E-state index is 4.50. The summed E-state index contributed by atoms with van der Waals surface area (Å²) >= 11 is 0. The fourth-order valence-corrected chi connectivity index (χ4v) is 3.55. The number of hydrogen-bond donors (Lipinski definition) is 0. The van der Waals surface area contributed by atoms with Gasteiger partial charge >= 0.3 is 0 Å². The normalized spacial score (nSPS) is 19.2. The van der Waals surface area contributed by atoms with Crippen molar-refractivity contribution in [2.75, 3.05) is 49.1 Å². The highest BCUT2D eigenvalue weighted by atomic mass is 15.3. The minimum absolute atomic E-state index is 0.965. The summed E-state index contributed by atoms with van der Waals surface area (Å²) in [6, 6.07) is 4.25. The van der Waals surface area contributed by atoms with E-state index >= 15 is 0 Å². The van der Waals surface area contributed by atoms with Crippen LogP contribution in [0.4, 0.5) is 11.6 Å². The molecule has 24 heavy (non-hydrogen) atoms. The Kier molecular flexibility index (Phi) is 4.34. The van der Waals surface area contributed by atoms with Crippen LogP contribution in [0.15, 0.2) is 24.7 Å². The van der Waals surface area contributed by atoms with Crippen LogP contribution < -0.4 is 9.80 Å². The second kappa shape index (κ2) is 6.76. The number of piperazine rings is 1. The lowest BCUT2D eigenvalue weighted by Crippen LogP contribution is -2.46. The summed E-state index contributed by atoms with van der Waals surface area (Å²) in [5, 5.41) is 4.25. The molecule has 4 heterocycles.